The van der Waals surface area contributed by atoms with E-state index in [4.69, 9.17) is 4.74 Å². The SMILES string of the molecule is CCCCCc1cc(O)c2c(c1)OC(C)(C)C1C=C(C)CC21. The van der Waals surface area contributed by atoms with E-state index in [0.717, 1.165) is 24.2 Å². The Kier molecular flexibility index (Phi) is 3.96. The molecule has 1 aliphatic heterocycles. The van der Waals surface area contributed by atoms with Gasteiger partial charge in [0.15, 0.2) is 0 Å². The monoisotopic (exact) mass is 300 g/mol. The Hall–Kier alpha value is -1.44. The van der Waals surface area contributed by atoms with Crippen LogP contribution in [0.3, 0.4) is 0 Å². The molecule has 22 heavy (non-hydrogen) atoms. The normalized spacial score (nSPS) is 25.2. The van der Waals surface area contributed by atoms with Gasteiger partial charge in [-0.15, -0.1) is 0 Å². The van der Waals surface area contributed by atoms with Crippen LogP contribution in [0.4, 0.5) is 0 Å². The van der Waals surface area contributed by atoms with E-state index < -0.39 is 0 Å². The molecule has 2 nitrogen and oxygen atoms in total. The molecule has 3 rings (SSSR count). The molecule has 0 saturated heterocycles. The summed E-state index contributed by atoms with van der Waals surface area (Å²) in [4.78, 5) is 0. The van der Waals surface area contributed by atoms with Crippen LogP contribution in [0.2, 0.25) is 0 Å². The maximum Gasteiger partial charge on any atom is 0.127 e. The maximum absolute atomic E-state index is 10.6. The second-order valence-electron chi connectivity index (χ2n) is 7.54. The predicted molar refractivity (Wildman–Crippen MR) is 90.6 cm³/mol. The van der Waals surface area contributed by atoms with E-state index in [1.807, 2.05) is 6.07 Å². The highest BCUT2D eigenvalue weighted by molar-refractivity contribution is 5.53. The molecule has 2 unspecified atom stereocenters. The van der Waals surface area contributed by atoms with Crippen molar-refractivity contribution < 1.29 is 9.84 Å². The van der Waals surface area contributed by atoms with Crippen molar-refractivity contribution in [1.29, 1.82) is 0 Å². The average Bonchev–Trinajstić information content (AvgIpc) is 2.80. The Labute approximate surface area is 134 Å². The Morgan fingerprint density at radius 2 is 2.05 bits per heavy atom. The molecule has 0 saturated carbocycles. The number of ether oxygens (including phenoxy) is 1. The number of unbranched alkanes of at least 4 members (excludes halogenated alkanes) is 2. The van der Waals surface area contributed by atoms with Gasteiger partial charge in [-0.1, -0.05) is 31.4 Å². The molecule has 1 heterocycles. The summed E-state index contributed by atoms with van der Waals surface area (Å²) in [6, 6.07) is 4.12. The topological polar surface area (TPSA) is 29.5 Å². The van der Waals surface area contributed by atoms with Gasteiger partial charge in [0, 0.05) is 17.4 Å². The maximum atomic E-state index is 10.6. The minimum absolute atomic E-state index is 0.204. The lowest BCUT2D eigenvalue weighted by Crippen LogP contribution is -2.42. The van der Waals surface area contributed by atoms with Crippen molar-refractivity contribution in [3.8, 4) is 11.5 Å². The second kappa shape index (κ2) is 5.64. The predicted octanol–water partition coefficient (Wildman–Crippen LogP) is 5.35. The highest BCUT2D eigenvalue weighted by atomic mass is 16.5. The minimum atomic E-state index is -0.204. The number of fused-ring (bicyclic) bond motifs is 3. The van der Waals surface area contributed by atoms with Gasteiger partial charge in [-0.3, -0.25) is 0 Å². The molecule has 0 radical (unpaired) electrons. The van der Waals surface area contributed by atoms with Crippen LogP contribution >= 0.6 is 0 Å². The third-order valence-electron chi connectivity index (χ3n) is 5.24. The summed E-state index contributed by atoms with van der Waals surface area (Å²) < 4.78 is 6.30. The van der Waals surface area contributed by atoms with Crippen molar-refractivity contribution in [2.75, 3.05) is 0 Å². The summed E-state index contributed by atoms with van der Waals surface area (Å²) in [6.07, 6.45) is 8.01. The van der Waals surface area contributed by atoms with Crippen LogP contribution in [0.15, 0.2) is 23.8 Å². The van der Waals surface area contributed by atoms with Gasteiger partial charge in [-0.2, -0.15) is 0 Å². The number of rotatable bonds is 4. The van der Waals surface area contributed by atoms with Crippen LogP contribution in [-0.2, 0) is 6.42 Å². The zero-order valence-corrected chi connectivity index (χ0v) is 14.3. The summed E-state index contributed by atoms with van der Waals surface area (Å²) in [7, 11) is 0. The van der Waals surface area contributed by atoms with E-state index in [-0.39, 0.29) is 5.60 Å². The summed E-state index contributed by atoms with van der Waals surface area (Å²) >= 11 is 0. The Morgan fingerprint density at radius 1 is 1.27 bits per heavy atom. The lowest BCUT2D eigenvalue weighted by molar-refractivity contribution is 0.0362. The summed E-state index contributed by atoms with van der Waals surface area (Å²) in [6.45, 7) is 8.74. The number of benzene rings is 1. The highest BCUT2D eigenvalue weighted by Crippen LogP contribution is 2.54. The van der Waals surface area contributed by atoms with Crippen molar-refractivity contribution in [1.82, 2.24) is 0 Å². The van der Waals surface area contributed by atoms with E-state index in [2.05, 4.69) is 39.8 Å². The molecular formula is C20H28O2. The van der Waals surface area contributed by atoms with E-state index in [1.54, 1.807) is 0 Å². The Balaban J connectivity index is 1.95. The quantitative estimate of drug-likeness (QED) is 0.600. The molecule has 1 aromatic rings. The molecule has 1 aromatic carbocycles. The molecular weight excluding hydrogens is 272 g/mol. The number of aryl methyl sites for hydroxylation is 1. The highest BCUT2D eigenvalue weighted by Gasteiger charge is 2.46. The molecule has 0 aromatic heterocycles. The number of phenolic OH excluding ortho intramolecular Hbond substituents is 1. The van der Waals surface area contributed by atoms with Crippen molar-refractivity contribution >= 4 is 0 Å². The van der Waals surface area contributed by atoms with Crippen LogP contribution in [0.25, 0.3) is 0 Å². The van der Waals surface area contributed by atoms with Gasteiger partial charge in [0.2, 0.25) is 0 Å². The van der Waals surface area contributed by atoms with Crippen LogP contribution in [0.1, 0.15) is 70.4 Å². The number of aromatic hydroxyl groups is 1. The molecule has 2 heteroatoms. The zero-order chi connectivity index (χ0) is 15.9. The van der Waals surface area contributed by atoms with Crippen molar-refractivity contribution in [2.24, 2.45) is 5.92 Å². The summed E-state index contributed by atoms with van der Waals surface area (Å²) in [5.74, 6) is 2.05. The van der Waals surface area contributed by atoms with E-state index in [9.17, 15) is 5.11 Å². The molecule has 2 atom stereocenters. The Morgan fingerprint density at radius 3 is 2.77 bits per heavy atom. The first-order valence-corrected chi connectivity index (χ1v) is 8.64. The first-order valence-electron chi connectivity index (χ1n) is 8.64. The number of allylic oxidation sites excluding steroid dienone is 1. The number of hydrogen-bond donors (Lipinski definition) is 1. The van der Waals surface area contributed by atoms with Crippen LogP contribution < -0.4 is 4.74 Å². The molecule has 1 aliphatic carbocycles. The van der Waals surface area contributed by atoms with Crippen molar-refractivity contribution in [3.05, 3.63) is 34.9 Å². The number of hydrogen-bond acceptors (Lipinski definition) is 2. The van der Waals surface area contributed by atoms with Gasteiger partial charge in [-0.25, -0.2) is 0 Å². The molecule has 0 amide bonds. The first-order chi connectivity index (χ1) is 10.4. The van der Waals surface area contributed by atoms with Crippen LogP contribution in [0.5, 0.6) is 11.5 Å². The van der Waals surface area contributed by atoms with Crippen molar-refractivity contribution in [2.45, 2.75) is 71.3 Å². The lowest BCUT2D eigenvalue weighted by Gasteiger charge is -2.42. The van der Waals surface area contributed by atoms with E-state index >= 15 is 0 Å². The fourth-order valence-corrected chi connectivity index (χ4v) is 4.13. The zero-order valence-electron chi connectivity index (χ0n) is 14.3. The first kappa shape index (κ1) is 15.5. The largest absolute Gasteiger partial charge is 0.508 e. The van der Waals surface area contributed by atoms with Gasteiger partial charge >= 0.3 is 0 Å². The third kappa shape index (κ3) is 2.64. The van der Waals surface area contributed by atoms with Gasteiger partial charge in [0.25, 0.3) is 0 Å². The summed E-state index contributed by atoms with van der Waals surface area (Å²) in [5.41, 5.74) is 3.42. The molecule has 0 spiro atoms. The van der Waals surface area contributed by atoms with E-state index in [1.165, 1.54) is 30.4 Å². The third-order valence-corrected chi connectivity index (χ3v) is 5.24. The smallest absolute Gasteiger partial charge is 0.127 e. The van der Waals surface area contributed by atoms with Crippen LogP contribution in [-0.4, -0.2) is 10.7 Å². The van der Waals surface area contributed by atoms with Gasteiger partial charge in [0.05, 0.1) is 0 Å². The van der Waals surface area contributed by atoms with Crippen LogP contribution in [0, 0.1) is 5.92 Å². The Bertz CT molecular complexity index is 598. The molecule has 1 N–H and O–H groups in total. The second-order valence-corrected chi connectivity index (χ2v) is 7.54. The summed E-state index contributed by atoms with van der Waals surface area (Å²) in [5, 5.41) is 10.6. The van der Waals surface area contributed by atoms with Gasteiger partial charge in [0.1, 0.15) is 17.1 Å². The van der Waals surface area contributed by atoms with E-state index in [0.29, 0.717) is 17.6 Å². The molecule has 0 fully saturated rings. The average molecular weight is 300 g/mol. The number of phenols is 1. The fraction of sp³-hybridized carbons (Fsp3) is 0.600. The van der Waals surface area contributed by atoms with Gasteiger partial charge < -0.3 is 9.84 Å². The molecule has 120 valence electrons. The van der Waals surface area contributed by atoms with Gasteiger partial charge in [-0.05, 0) is 57.7 Å². The minimum Gasteiger partial charge on any atom is -0.508 e. The molecule has 2 aliphatic rings. The van der Waals surface area contributed by atoms with Crippen molar-refractivity contribution in [3.63, 3.8) is 0 Å². The fourth-order valence-electron chi connectivity index (χ4n) is 4.13. The standard InChI is InChI=1S/C20H28O2/c1-5-6-7-8-14-11-17(21)19-15-9-13(2)10-16(15)20(3,4)22-18(19)12-14/h10-12,15-16,21H,5-9H2,1-4H3. The molecule has 0 bridgehead atoms. The lowest BCUT2D eigenvalue weighted by atomic mass is 9.75.